The van der Waals surface area contributed by atoms with Crippen molar-refractivity contribution in [3.05, 3.63) is 0 Å². The normalized spacial score (nSPS) is 21.3. The van der Waals surface area contributed by atoms with E-state index in [4.69, 9.17) is 5.11 Å². The maximum atomic E-state index is 12.2. The Morgan fingerprint density at radius 3 is 2.47 bits per heavy atom. The summed E-state index contributed by atoms with van der Waals surface area (Å²) in [6.45, 7) is 8.51. The highest BCUT2D eigenvalue weighted by atomic mass is 16.3. The molecule has 2 N–H and O–H groups in total. The minimum atomic E-state index is -0.255. The van der Waals surface area contributed by atoms with Crippen LogP contribution in [0.4, 0.5) is 0 Å². The van der Waals surface area contributed by atoms with Crippen LogP contribution in [0.1, 0.15) is 40.5 Å². The molecule has 0 aromatic carbocycles. The molecule has 5 heteroatoms. The predicted octanol–water partition coefficient (Wildman–Crippen LogP) is 0.766. The zero-order valence-electron chi connectivity index (χ0n) is 12.3. The Labute approximate surface area is 115 Å². The third-order valence-corrected chi connectivity index (χ3v) is 3.73. The number of likely N-dealkylation sites (tertiary alicyclic amines) is 1. The fourth-order valence-electron chi connectivity index (χ4n) is 2.42. The molecule has 0 aromatic rings. The van der Waals surface area contributed by atoms with E-state index in [1.165, 1.54) is 0 Å². The standard InChI is InChI=1S/C14H26N2O3/c1-9(2)12(5-6-17)15-14(19)11-7-13(18)16(8-11)10(3)4/h9-12,17H,5-8H2,1-4H3,(H,15,19). The van der Waals surface area contributed by atoms with Crippen molar-refractivity contribution in [2.24, 2.45) is 11.8 Å². The lowest BCUT2D eigenvalue weighted by atomic mass is 9.99. The lowest BCUT2D eigenvalue weighted by molar-refractivity contribution is -0.130. The Kier molecular flexibility index (Phi) is 5.79. The molecule has 0 saturated carbocycles. The number of hydrogen-bond acceptors (Lipinski definition) is 3. The van der Waals surface area contributed by atoms with Crippen molar-refractivity contribution >= 4 is 11.8 Å². The van der Waals surface area contributed by atoms with E-state index in [-0.39, 0.29) is 42.3 Å². The van der Waals surface area contributed by atoms with E-state index in [1.54, 1.807) is 4.90 Å². The average Bonchev–Trinajstić information content (AvgIpc) is 2.70. The summed E-state index contributed by atoms with van der Waals surface area (Å²) in [4.78, 5) is 25.7. The van der Waals surface area contributed by atoms with Gasteiger partial charge in [-0.2, -0.15) is 0 Å². The Morgan fingerprint density at radius 1 is 1.42 bits per heavy atom. The fourth-order valence-corrected chi connectivity index (χ4v) is 2.42. The van der Waals surface area contributed by atoms with E-state index in [2.05, 4.69) is 5.32 Å². The van der Waals surface area contributed by atoms with Gasteiger partial charge in [0.05, 0.1) is 5.92 Å². The van der Waals surface area contributed by atoms with Crippen molar-refractivity contribution in [2.45, 2.75) is 52.6 Å². The lowest BCUT2D eigenvalue weighted by Crippen LogP contribution is -2.43. The number of aliphatic hydroxyl groups is 1. The topological polar surface area (TPSA) is 69.6 Å². The van der Waals surface area contributed by atoms with Crippen LogP contribution in [-0.2, 0) is 9.59 Å². The first-order valence-electron chi connectivity index (χ1n) is 7.07. The van der Waals surface area contributed by atoms with Crippen molar-refractivity contribution in [2.75, 3.05) is 13.2 Å². The van der Waals surface area contributed by atoms with Gasteiger partial charge in [0.1, 0.15) is 0 Å². The van der Waals surface area contributed by atoms with Crippen molar-refractivity contribution in [3.8, 4) is 0 Å². The Morgan fingerprint density at radius 2 is 2.05 bits per heavy atom. The molecule has 0 spiro atoms. The van der Waals surface area contributed by atoms with E-state index in [1.807, 2.05) is 27.7 Å². The van der Waals surface area contributed by atoms with Gasteiger partial charge in [-0.25, -0.2) is 0 Å². The monoisotopic (exact) mass is 270 g/mol. The van der Waals surface area contributed by atoms with Crippen LogP contribution in [0.25, 0.3) is 0 Å². The molecule has 2 amide bonds. The summed E-state index contributed by atoms with van der Waals surface area (Å²) < 4.78 is 0. The molecule has 1 fully saturated rings. The van der Waals surface area contributed by atoms with Gasteiger partial charge in [0.25, 0.3) is 0 Å². The molecule has 0 radical (unpaired) electrons. The number of carbonyl (C=O) groups excluding carboxylic acids is 2. The van der Waals surface area contributed by atoms with Gasteiger partial charge < -0.3 is 15.3 Å². The third-order valence-electron chi connectivity index (χ3n) is 3.73. The number of nitrogens with one attached hydrogen (secondary N) is 1. The highest BCUT2D eigenvalue weighted by Gasteiger charge is 2.36. The maximum Gasteiger partial charge on any atom is 0.225 e. The van der Waals surface area contributed by atoms with Crippen LogP contribution in [0.3, 0.4) is 0 Å². The maximum absolute atomic E-state index is 12.2. The molecule has 1 saturated heterocycles. The summed E-state index contributed by atoms with van der Waals surface area (Å²) in [6, 6.07) is 0.115. The summed E-state index contributed by atoms with van der Waals surface area (Å²) in [7, 11) is 0. The molecule has 2 atom stereocenters. The molecule has 19 heavy (non-hydrogen) atoms. The second-order valence-electron chi connectivity index (χ2n) is 5.91. The average molecular weight is 270 g/mol. The predicted molar refractivity (Wildman–Crippen MR) is 73.4 cm³/mol. The molecule has 1 rings (SSSR count). The number of hydrogen-bond donors (Lipinski definition) is 2. The van der Waals surface area contributed by atoms with Gasteiger partial charge in [-0.1, -0.05) is 13.8 Å². The summed E-state index contributed by atoms with van der Waals surface area (Å²) >= 11 is 0. The van der Waals surface area contributed by atoms with Crippen molar-refractivity contribution in [1.82, 2.24) is 10.2 Å². The molecule has 1 aliphatic heterocycles. The smallest absolute Gasteiger partial charge is 0.225 e. The van der Waals surface area contributed by atoms with Crippen LogP contribution in [-0.4, -0.2) is 47.1 Å². The molecule has 110 valence electrons. The summed E-state index contributed by atoms with van der Waals surface area (Å²) in [5, 5.41) is 12.0. The van der Waals surface area contributed by atoms with E-state index in [0.717, 1.165) is 0 Å². The zero-order valence-corrected chi connectivity index (χ0v) is 12.3. The van der Waals surface area contributed by atoms with Gasteiger partial charge in [0.15, 0.2) is 0 Å². The molecule has 2 unspecified atom stereocenters. The second kappa shape index (κ2) is 6.89. The molecule has 0 aromatic heterocycles. The van der Waals surface area contributed by atoms with Crippen molar-refractivity contribution in [3.63, 3.8) is 0 Å². The van der Waals surface area contributed by atoms with E-state index >= 15 is 0 Å². The van der Waals surface area contributed by atoms with Gasteiger partial charge in [0, 0.05) is 31.7 Å². The zero-order chi connectivity index (χ0) is 14.6. The van der Waals surface area contributed by atoms with Gasteiger partial charge in [-0.05, 0) is 26.2 Å². The third kappa shape index (κ3) is 4.20. The van der Waals surface area contributed by atoms with Gasteiger partial charge >= 0.3 is 0 Å². The highest BCUT2D eigenvalue weighted by molar-refractivity contribution is 5.89. The number of nitrogens with zero attached hydrogens (tertiary/aromatic N) is 1. The van der Waals surface area contributed by atoms with Gasteiger partial charge in [0.2, 0.25) is 11.8 Å². The minimum absolute atomic E-state index is 0.0271. The van der Waals surface area contributed by atoms with Crippen LogP contribution in [0.15, 0.2) is 0 Å². The Bertz CT molecular complexity index is 329. The molecule has 1 heterocycles. The van der Waals surface area contributed by atoms with Crippen LogP contribution in [0.5, 0.6) is 0 Å². The first-order valence-corrected chi connectivity index (χ1v) is 7.07. The summed E-state index contributed by atoms with van der Waals surface area (Å²) in [6.07, 6.45) is 0.853. The van der Waals surface area contributed by atoms with Gasteiger partial charge in [-0.3, -0.25) is 9.59 Å². The largest absolute Gasteiger partial charge is 0.396 e. The van der Waals surface area contributed by atoms with Gasteiger partial charge in [-0.15, -0.1) is 0 Å². The molecule has 0 bridgehead atoms. The van der Waals surface area contributed by atoms with Crippen molar-refractivity contribution < 1.29 is 14.7 Å². The highest BCUT2D eigenvalue weighted by Crippen LogP contribution is 2.21. The van der Waals surface area contributed by atoms with Crippen LogP contribution < -0.4 is 5.32 Å². The minimum Gasteiger partial charge on any atom is -0.396 e. The van der Waals surface area contributed by atoms with Crippen molar-refractivity contribution in [1.29, 1.82) is 0 Å². The summed E-state index contributed by atoms with van der Waals surface area (Å²) in [5.41, 5.74) is 0. The first kappa shape index (κ1) is 16.0. The molecule has 1 aliphatic rings. The van der Waals surface area contributed by atoms with E-state index < -0.39 is 0 Å². The van der Waals surface area contributed by atoms with E-state index in [0.29, 0.717) is 19.4 Å². The molecular formula is C14H26N2O3. The van der Waals surface area contributed by atoms with Crippen LogP contribution >= 0.6 is 0 Å². The van der Waals surface area contributed by atoms with E-state index in [9.17, 15) is 9.59 Å². The number of amides is 2. The van der Waals surface area contributed by atoms with Crippen LogP contribution in [0.2, 0.25) is 0 Å². The second-order valence-corrected chi connectivity index (χ2v) is 5.91. The molecule has 5 nitrogen and oxygen atoms in total. The quantitative estimate of drug-likeness (QED) is 0.749. The molecule has 0 aliphatic carbocycles. The molecular weight excluding hydrogens is 244 g/mol. The summed E-state index contributed by atoms with van der Waals surface area (Å²) in [5.74, 6) is 0.00584. The number of aliphatic hydroxyl groups excluding tert-OH is 1. The first-order chi connectivity index (χ1) is 8.86. The fraction of sp³-hybridized carbons (Fsp3) is 0.857. The SMILES string of the molecule is CC(C)C(CCO)NC(=O)C1CC(=O)N(C(C)C)C1. The Hall–Kier alpha value is -1.10. The van der Waals surface area contributed by atoms with Crippen LogP contribution in [0, 0.1) is 11.8 Å². The number of rotatable bonds is 6. The lowest BCUT2D eigenvalue weighted by Gasteiger charge is -2.24. The Balaban J connectivity index is 2.57. The number of carbonyl (C=O) groups is 2.